The summed E-state index contributed by atoms with van der Waals surface area (Å²) in [4.78, 5) is 4.08. The highest BCUT2D eigenvalue weighted by molar-refractivity contribution is 5.85. The number of nitrogens with zero attached hydrogens (tertiary/aromatic N) is 2. The fourth-order valence-corrected chi connectivity index (χ4v) is 3.19. The van der Waals surface area contributed by atoms with Gasteiger partial charge in [0.05, 0.1) is 6.33 Å². The molecule has 4 heteroatoms. The first-order chi connectivity index (χ1) is 12.7. The molecular weight excluding hydrogens is 330 g/mol. The number of benzene rings is 3. The molecule has 0 amide bonds. The van der Waals surface area contributed by atoms with Crippen molar-refractivity contribution in [2.75, 3.05) is 0 Å². The average Bonchev–Trinajstić information content (AvgIpc) is 3.14. The molecule has 0 unspecified atom stereocenters. The third-order valence-electron chi connectivity index (χ3n) is 4.31. The van der Waals surface area contributed by atoms with E-state index in [2.05, 4.69) is 4.98 Å². The second-order valence-electron chi connectivity index (χ2n) is 6.10. The van der Waals surface area contributed by atoms with Gasteiger partial charge in [-0.2, -0.15) is 0 Å². The lowest BCUT2D eigenvalue weighted by Gasteiger charge is -2.16. The molecule has 0 aliphatic carbocycles. The van der Waals surface area contributed by atoms with Crippen LogP contribution in [0.2, 0.25) is 0 Å². The summed E-state index contributed by atoms with van der Waals surface area (Å²) < 4.78 is 29.6. The summed E-state index contributed by atoms with van der Waals surface area (Å²) in [5.41, 5.74) is 4.30. The van der Waals surface area contributed by atoms with Crippen molar-refractivity contribution in [3.05, 3.63) is 103 Å². The molecule has 4 aromatic rings. The maximum Gasteiger partial charge on any atom is 0.123 e. The summed E-state index contributed by atoms with van der Waals surface area (Å²) in [6.45, 7) is 0.592. The average molecular weight is 346 g/mol. The minimum absolute atomic E-state index is 0.298. The van der Waals surface area contributed by atoms with E-state index in [0.29, 0.717) is 6.54 Å². The molecule has 128 valence electrons. The van der Waals surface area contributed by atoms with Crippen LogP contribution >= 0.6 is 0 Å². The Kier molecular flexibility index (Phi) is 4.32. The van der Waals surface area contributed by atoms with Crippen LogP contribution < -0.4 is 0 Å². The predicted molar refractivity (Wildman–Crippen MR) is 98.6 cm³/mol. The zero-order valence-corrected chi connectivity index (χ0v) is 13.9. The molecule has 2 nitrogen and oxygen atoms in total. The third kappa shape index (κ3) is 3.26. The highest BCUT2D eigenvalue weighted by Crippen LogP contribution is 2.36. The van der Waals surface area contributed by atoms with Crippen molar-refractivity contribution in [2.24, 2.45) is 0 Å². The van der Waals surface area contributed by atoms with Crippen molar-refractivity contribution in [3.8, 4) is 22.3 Å². The zero-order chi connectivity index (χ0) is 17.9. The molecule has 4 rings (SSSR count). The smallest absolute Gasteiger partial charge is 0.123 e. The van der Waals surface area contributed by atoms with Crippen molar-refractivity contribution in [1.29, 1.82) is 0 Å². The quantitative estimate of drug-likeness (QED) is 0.474. The monoisotopic (exact) mass is 346 g/mol. The maximum atomic E-state index is 13.9. The van der Waals surface area contributed by atoms with Crippen LogP contribution in [-0.2, 0) is 6.54 Å². The highest BCUT2D eigenvalue weighted by atomic mass is 19.1. The topological polar surface area (TPSA) is 17.8 Å². The maximum absolute atomic E-state index is 13.9. The van der Waals surface area contributed by atoms with Gasteiger partial charge in [-0.05, 0) is 52.1 Å². The van der Waals surface area contributed by atoms with Crippen LogP contribution in [0.4, 0.5) is 8.78 Å². The molecule has 0 atom stereocenters. The molecule has 0 bridgehead atoms. The molecule has 0 spiro atoms. The molecule has 0 saturated carbocycles. The number of rotatable bonds is 4. The van der Waals surface area contributed by atoms with Gasteiger partial charge in [-0.15, -0.1) is 0 Å². The van der Waals surface area contributed by atoms with E-state index in [4.69, 9.17) is 0 Å². The van der Waals surface area contributed by atoms with Crippen LogP contribution in [0.3, 0.4) is 0 Å². The van der Waals surface area contributed by atoms with E-state index in [1.807, 2.05) is 41.1 Å². The molecule has 0 aliphatic heterocycles. The second kappa shape index (κ2) is 6.92. The second-order valence-corrected chi connectivity index (χ2v) is 6.10. The van der Waals surface area contributed by atoms with E-state index in [0.717, 1.165) is 27.8 Å². The van der Waals surface area contributed by atoms with Gasteiger partial charge in [0.15, 0.2) is 0 Å². The van der Waals surface area contributed by atoms with Gasteiger partial charge < -0.3 is 4.57 Å². The van der Waals surface area contributed by atoms with Crippen molar-refractivity contribution >= 4 is 0 Å². The summed E-state index contributed by atoms with van der Waals surface area (Å²) in [6.07, 6.45) is 5.34. The van der Waals surface area contributed by atoms with E-state index in [1.54, 1.807) is 24.7 Å². The fourth-order valence-electron chi connectivity index (χ4n) is 3.19. The van der Waals surface area contributed by atoms with E-state index in [1.165, 1.54) is 24.3 Å². The van der Waals surface area contributed by atoms with Crippen molar-refractivity contribution < 1.29 is 8.78 Å². The SMILES string of the molecule is Fc1cccc(-c2cccc(Cn3ccnc3)c2-c2cccc(F)c2)c1. The van der Waals surface area contributed by atoms with Gasteiger partial charge in [-0.1, -0.05) is 42.5 Å². The zero-order valence-electron chi connectivity index (χ0n) is 13.9. The lowest BCUT2D eigenvalue weighted by molar-refractivity contribution is 0.627. The summed E-state index contributed by atoms with van der Waals surface area (Å²) >= 11 is 0. The van der Waals surface area contributed by atoms with Crippen LogP contribution in [-0.4, -0.2) is 9.55 Å². The molecule has 0 saturated heterocycles. The standard InChI is InChI=1S/C22H16F2N2/c23-19-7-1-4-16(12-19)21-9-3-6-18(14-26-11-10-25-15-26)22(21)17-5-2-8-20(24)13-17/h1-13,15H,14H2. The Labute approximate surface area is 150 Å². The number of imidazole rings is 1. The Bertz CT molecular complexity index is 1040. The van der Waals surface area contributed by atoms with Crippen LogP contribution in [0, 0.1) is 11.6 Å². The van der Waals surface area contributed by atoms with Gasteiger partial charge in [0.25, 0.3) is 0 Å². The summed E-state index contributed by atoms with van der Waals surface area (Å²) in [6, 6.07) is 18.8. The van der Waals surface area contributed by atoms with Crippen molar-refractivity contribution in [1.82, 2.24) is 9.55 Å². The van der Waals surface area contributed by atoms with Gasteiger partial charge in [0.2, 0.25) is 0 Å². The van der Waals surface area contributed by atoms with E-state index in [-0.39, 0.29) is 11.6 Å². The van der Waals surface area contributed by atoms with E-state index < -0.39 is 0 Å². The largest absolute Gasteiger partial charge is 0.333 e. The first kappa shape index (κ1) is 16.2. The van der Waals surface area contributed by atoms with Crippen molar-refractivity contribution in [2.45, 2.75) is 6.54 Å². The molecule has 0 aliphatic rings. The Hall–Kier alpha value is -3.27. The third-order valence-corrected chi connectivity index (χ3v) is 4.31. The minimum atomic E-state index is -0.301. The van der Waals surface area contributed by atoms with Gasteiger partial charge >= 0.3 is 0 Å². The molecule has 0 N–H and O–H groups in total. The molecule has 1 aromatic heterocycles. The van der Waals surface area contributed by atoms with Gasteiger partial charge in [0, 0.05) is 18.9 Å². The normalized spacial score (nSPS) is 10.8. The van der Waals surface area contributed by atoms with E-state index in [9.17, 15) is 8.78 Å². The van der Waals surface area contributed by atoms with Gasteiger partial charge in [-0.25, -0.2) is 13.8 Å². The fraction of sp³-hybridized carbons (Fsp3) is 0.0455. The Balaban J connectivity index is 1.93. The molecule has 3 aromatic carbocycles. The number of hydrogen-bond acceptors (Lipinski definition) is 1. The van der Waals surface area contributed by atoms with Crippen LogP contribution in [0.25, 0.3) is 22.3 Å². The van der Waals surface area contributed by atoms with Crippen LogP contribution in [0.5, 0.6) is 0 Å². The van der Waals surface area contributed by atoms with Gasteiger partial charge in [-0.3, -0.25) is 0 Å². The number of halogens is 2. The molecule has 0 radical (unpaired) electrons. The summed E-state index contributed by atoms with van der Waals surface area (Å²) in [7, 11) is 0. The van der Waals surface area contributed by atoms with Crippen LogP contribution in [0.1, 0.15) is 5.56 Å². The Morgan fingerprint density at radius 1 is 0.808 bits per heavy atom. The molecular formula is C22H16F2N2. The van der Waals surface area contributed by atoms with Crippen LogP contribution in [0.15, 0.2) is 85.5 Å². The molecule has 0 fully saturated rings. The molecule has 1 heterocycles. The van der Waals surface area contributed by atoms with E-state index >= 15 is 0 Å². The summed E-state index contributed by atoms with van der Waals surface area (Å²) in [5, 5.41) is 0. The molecule has 26 heavy (non-hydrogen) atoms. The lowest BCUT2D eigenvalue weighted by Crippen LogP contribution is -2.00. The predicted octanol–water partition coefficient (Wildman–Crippen LogP) is 5.54. The Morgan fingerprint density at radius 2 is 1.50 bits per heavy atom. The summed E-state index contributed by atoms with van der Waals surface area (Å²) in [5.74, 6) is -0.599. The number of hydrogen-bond donors (Lipinski definition) is 0. The lowest BCUT2D eigenvalue weighted by atomic mass is 9.90. The minimum Gasteiger partial charge on any atom is -0.333 e. The first-order valence-corrected chi connectivity index (χ1v) is 8.30. The number of aromatic nitrogens is 2. The first-order valence-electron chi connectivity index (χ1n) is 8.30. The van der Waals surface area contributed by atoms with Crippen molar-refractivity contribution in [3.63, 3.8) is 0 Å². The van der Waals surface area contributed by atoms with Gasteiger partial charge in [0.1, 0.15) is 11.6 Å². The highest BCUT2D eigenvalue weighted by Gasteiger charge is 2.14. The Morgan fingerprint density at radius 3 is 2.19 bits per heavy atom.